The van der Waals surface area contributed by atoms with Gasteiger partial charge in [-0.15, -0.1) is 0 Å². The Balaban J connectivity index is 1.67. The maximum Gasteiger partial charge on any atom is 0.0894 e. The average Bonchev–Trinajstić information content (AvgIpc) is 3.14. The van der Waals surface area contributed by atoms with Gasteiger partial charge in [-0.05, 0) is 106 Å². The van der Waals surface area contributed by atoms with Crippen LogP contribution < -0.4 is 0 Å². The van der Waals surface area contributed by atoms with Crippen LogP contribution in [0.5, 0.6) is 0 Å². The van der Waals surface area contributed by atoms with Crippen molar-refractivity contribution in [1.82, 2.24) is 0 Å². The molecule has 3 N–H and O–H groups in total. The highest BCUT2D eigenvalue weighted by Gasteiger charge is 2.50. The minimum Gasteiger partial charge on any atom is -0.392 e. The highest BCUT2D eigenvalue weighted by Crippen LogP contribution is 2.60. The molecule has 0 amide bonds. The summed E-state index contributed by atoms with van der Waals surface area (Å²) in [6.07, 6.45) is 14.7. The quantitative estimate of drug-likeness (QED) is 0.287. The highest BCUT2D eigenvalue weighted by atomic mass is 19.1. The largest absolute Gasteiger partial charge is 0.392 e. The summed E-state index contributed by atoms with van der Waals surface area (Å²) in [4.78, 5) is 0. The fourth-order valence-electron chi connectivity index (χ4n) is 7.65. The van der Waals surface area contributed by atoms with E-state index in [0.717, 1.165) is 36.3 Å². The van der Waals surface area contributed by atoms with Crippen LogP contribution in [0.2, 0.25) is 0 Å². The van der Waals surface area contributed by atoms with E-state index in [1.54, 1.807) is 0 Å². The van der Waals surface area contributed by atoms with Crippen LogP contribution in [0.4, 0.5) is 4.39 Å². The Hall–Kier alpha value is -0.970. The molecule has 3 nitrogen and oxygen atoms in total. The Labute approximate surface area is 213 Å². The zero-order chi connectivity index (χ0) is 25.8. The fourth-order valence-corrected chi connectivity index (χ4v) is 7.65. The van der Waals surface area contributed by atoms with Gasteiger partial charge in [-0.25, -0.2) is 0 Å². The first-order chi connectivity index (χ1) is 16.5. The third-order valence-corrected chi connectivity index (χ3v) is 9.69. The summed E-state index contributed by atoms with van der Waals surface area (Å²) >= 11 is 0. The van der Waals surface area contributed by atoms with Gasteiger partial charge in [-0.2, -0.15) is 0 Å². The van der Waals surface area contributed by atoms with Crippen LogP contribution in [0.15, 0.2) is 35.5 Å². The molecule has 3 rings (SSSR count). The number of halogens is 1. The number of allylic oxidation sites excluding steroid dienone is 3. The molecular weight excluding hydrogens is 439 g/mol. The van der Waals surface area contributed by atoms with Crippen molar-refractivity contribution in [3.05, 3.63) is 35.5 Å². The van der Waals surface area contributed by atoms with Crippen LogP contribution in [0.25, 0.3) is 0 Å². The van der Waals surface area contributed by atoms with Crippen molar-refractivity contribution in [3.8, 4) is 0 Å². The minimum atomic E-state index is -0.750. The Bertz CT molecular complexity index is 779. The van der Waals surface area contributed by atoms with Crippen molar-refractivity contribution in [2.75, 3.05) is 6.67 Å². The molecule has 0 spiro atoms. The van der Waals surface area contributed by atoms with Gasteiger partial charge >= 0.3 is 0 Å². The van der Waals surface area contributed by atoms with Gasteiger partial charge in [0.2, 0.25) is 0 Å². The lowest BCUT2D eigenvalue weighted by Crippen LogP contribution is -2.38. The highest BCUT2D eigenvalue weighted by molar-refractivity contribution is 5.39. The zero-order valence-corrected chi connectivity index (χ0v) is 22.7. The van der Waals surface area contributed by atoms with Crippen LogP contribution in [0.1, 0.15) is 105 Å². The van der Waals surface area contributed by atoms with E-state index < -0.39 is 17.8 Å². The van der Waals surface area contributed by atoms with Crippen molar-refractivity contribution in [3.63, 3.8) is 0 Å². The molecular formula is C31H51FO3. The summed E-state index contributed by atoms with van der Waals surface area (Å²) in [6.45, 7) is 12.6. The molecule has 3 fully saturated rings. The van der Waals surface area contributed by atoms with Crippen molar-refractivity contribution in [2.24, 2.45) is 29.1 Å². The molecule has 0 saturated heterocycles. The fraction of sp³-hybridized carbons (Fsp3) is 0.806. The third-order valence-electron chi connectivity index (χ3n) is 9.69. The smallest absolute Gasteiger partial charge is 0.0894 e. The summed E-state index contributed by atoms with van der Waals surface area (Å²) in [5.41, 5.74) is 2.97. The lowest BCUT2D eigenvalue weighted by Gasteiger charge is -2.44. The molecule has 0 aromatic rings. The monoisotopic (exact) mass is 490 g/mol. The predicted molar refractivity (Wildman–Crippen MR) is 143 cm³/mol. The number of rotatable bonds is 10. The molecule has 0 unspecified atom stereocenters. The Morgan fingerprint density at radius 1 is 1.17 bits per heavy atom. The van der Waals surface area contributed by atoms with Crippen LogP contribution in [0, 0.1) is 29.1 Å². The number of fused-ring (bicyclic) bond motifs is 1. The molecule has 4 heteroatoms. The standard InChI is InChI=1S/C31H51FO3/c1-21(10-8-17-30(3,4)35)26-15-16-27-23(11-9-18-31(26,27)5)13-14-24-20-28(33)25(12-6-7-19-32)29(34)22(24)2/h13-14,21,25-29,33-35H,2,6-12,15-20H2,1,3-5H3/b23-13+,24-14-/t21-,25-,26-,27+,28+,29+,31-/m1/s1. The van der Waals surface area contributed by atoms with E-state index in [9.17, 15) is 19.7 Å². The van der Waals surface area contributed by atoms with E-state index in [1.165, 1.54) is 37.7 Å². The number of unbranched alkanes of at least 4 members (excludes halogenated alkanes) is 1. The topological polar surface area (TPSA) is 60.7 Å². The molecule has 0 heterocycles. The number of alkyl halides is 1. The third kappa shape index (κ3) is 6.87. The van der Waals surface area contributed by atoms with Crippen LogP contribution in [-0.2, 0) is 0 Å². The molecule has 0 radical (unpaired) electrons. The maximum absolute atomic E-state index is 12.5. The van der Waals surface area contributed by atoms with Crippen molar-refractivity contribution in [1.29, 1.82) is 0 Å². The minimum absolute atomic E-state index is 0.245. The lowest BCUT2D eigenvalue weighted by molar-refractivity contribution is 0.0127. The van der Waals surface area contributed by atoms with Crippen molar-refractivity contribution >= 4 is 0 Å². The summed E-state index contributed by atoms with van der Waals surface area (Å²) in [6, 6.07) is 0. The normalized spacial score (nSPS) is 37.1. The number of hydrogen-bond donors (Lipinski definition) is 3. The van der Waals surface area contributed by atoms with E-state index >= 15 is 0 Å². The maximum atomic E-state index is 12.5. The average molecular weight is 491 g/mol. The number of hydrogen-bond acceptors (Lipinski definition) is 3. The molecule has 200 valence electrons. The van der Waals surface area contributed by atoms with Crippen molar-refractivity contribution in [2.45, 2.75) is 123 Å². The molecule has 0 aliphatic heterocycles. The molecule has 0 aromatic carbocycles. The summed E-state index contributed by atoms with van der Waals surface area (Å²) in [5.74, 6) is 1.76. The second kappa shape index (κ2) is 12.0. The van der Waals surface area contributed by atoms with Crippen molar-refractivity contribution < 1.29 is 19.7 Å². The molecule has 3 aliphatic carbocycles. The second-order valence-corrected chi connectivity index (χ2v) is 12.8. The van der Waals surface area contributed by atoms with Crippen LogP contribution >= 0.6 is 0 Å². The second-order valence-electron chi connectivity index (χ2n) is 12.8. The van der Waals surface area contributed by atoms with Crippen LogP contribution in [0.3, 0.4) is 0 Å². The lowest BCUT2D eigenvalue weighted by atomic mass is 9.60. The first kappa shape index (κ1) is 28.6. The first-order valence-corrected chi connectivity index (χ1v) is 14.2. The van der Waals surface area contributed by atoms with Gasteiger partial charge in [0, 0.05) is 5.92 Å². The Morgan fingerprint density at radius 3 is 2.60 bits per heavy atom. The molecule has 7 atom stereocenters. The van der Waals surface area contributed by atoms with E-state index in [-0.39, 0.29) is 12.6 Å². The van der Waals surface area contributed by atoms with Gasteiger partial charge in [-0.1, -0.05) is 57.4 Å². The van der Waals surface area contributed by atoms with Gasteiger partial charge in [0.05, 0.1) is 24.5 Å². The summed E-state index contributed by atoms with van der Waals surface area (Å²) in [7, 11) is 0. The van der Waals surface area contributed by atoms with Gasteiger partial charge in [0.1, 0.15) is 0 Å². The molecule has 0 bridgehead atoms. The van der Waals surface area contributed by atoms with E-state index in [2.05, 4.69) is 32.6 Å². The zero-order valence-electron chi connectivity index (χ0n) is 22.7. The molecule has 35 heavy (non-hydrogen) atoms. The first-order valence-electron chi connectivity index (χ1n) is 14.2. The molecule has 3 saturated carbocycles. The van der Waals surface area contributed by atoms with Gasteiger partial charge in [-0.3, -0.25) is 4.39 Å². The van der Waals surface area contributed by atoms with Crippen LogP contribution in [-0.4, -0.2) is 39.8 Å². The van der Waals surface area contributed by atoms with Gasteiger partial charge in [0.25, 0.3) is 0 Å². The van der Waals surface area contributed by atoms with Gasteiger partial charge in [0.15, 0.2) is 0 Å². The SMILES string of the molecule is C=C1/C(=C\C=C2/CCC[C@]3(C)[C@@H]([C@H](C)CCCC(C)(C)O)CC[C@@H]23)C[C@H](O)[C@@H](CCCCF)[C@H]1O. The van der Waals surface area contributed by atoms with E-state index in [4.69, 9.17) is 0 Å². The predicted octanol–water partition coefficient (Wildman–Crippen LogP) is 7.07. The number of aliphatic hydroxyl groups excluding tert-OH is 2. The Kier molecular flexibility index (Phi) is 9.85. The Morgan fingerprint density at radius 2 is 1.91 bits per heavy atom. The van der Waals surface area contributed by atoms with E-state index in [0.29, 0.717) is 42.9 Å². The molecule has 0 aromatic heterocycles. The van der Waals surface area contributed by atoms with E-state index in [1.807, 2.05) is 13.8 Å². The number of aliphatic hydroxyl groups is 3. The van der Waals surface area contributed by atoms with Gasteiger partial charge < -0.3 is 15.3 Å². The summed E-state index contributed by atoms with van der Waals surface area (Å²) in [5, 5.41) is 31.6. The molecule has 3 aliphatic rings. The summed E-state index contributed by atoms with van der Waals surface area (Å²) < 4.78 is 12.5.